The van der Waals surface area contributed by atoms with Gasteiger partial charge in [0.25, 0.3) is 0 Å². The van der Waals surface area contributed by atoms with Gasteiger partial charge in [-0.1, -0.05) is 47.5 Å². The summed E-state index contributed by atoms with van der Waals surface area (Å²) in [6, 6.07) is -3.92. The second-order valence-corrected chi connectivity index (χ2v) is 11.3. The molecule has 11 heteroatoms. The summed E-state index contributed by atoms with van der Waals surface area (Å²) in [4.78, 5) is 66.1. The van der Waals surface area contributed by atoms with Crippen LogP contribution in [0.3, 0.4) is 0 Å². The molecule has 1 saturated heterocycles. The van der Waals surface area contributed by atoms with Gasteiger partial charge in [-0.25, -0.2) is 0 Å². The van der Waals surface area contributed by atoms with Crippen molar-refractivity contribution in [3.8, 4) is 0 Å². The number of ether oxygens (including phenoxy) is 1. The Hall–Kier alpha value is -2.53. The summed E-state index contributed by atoms with van der Waals surface area (Å²) in [5, 5.41) is 18.4. The number of aliphatic hydroxyl groups is 1. The Morgan fingerprint density at radius 3 is 2.08 bits per heavy atom. The molecule has 4 amide bonds. The number of aliphatic hydroxyl groups excluding tert-OH is 1. The first-order chi connectivity index (χ1) is 17.6. The van der Waals surface area contributed by atoms with Crippen molar-refractivity contribution in [3.63, 3.8) is 0 Å². The summed E-state index contributed by atoms with van der Waals surface area (Å²) >= 11 is 0. The molecule has 0 aromatic rings. The van der Waals surface area contributed by atoms with Crippen molar-refractivity contribution in [2.75, 3.05) is 7.05 Å². The SMILES string of the molecule is CC[C@H](C)C(NC(=O)C([C@@H](C)CC)N(C)C(C)=O)C(=O)NC(C(=O)NC1CC(C)C2O[C@@]2(C)C1=O)[C@@H](C)O. The molecule has 2 aliphatic rings. The molecule has 1 aliphatic carbocycles. The molecule has 2 rings (SSSR count). The van der Waals surface area contributed by atoms with Gasteiger partial charge in [0, 0.05) is 14.0 Å². The maximum absolute atomic E-state index is 13.4. The first-order valence-electron chi connectivity index (χ1n) is 13.6. The van der Waals surface area contributed by atoms with Crippen LogP contribution in [-0.4, -0.2) is 88.4 Å². The standard InChI is InChI=1S/C27H46N4O7/c1-10-13(3)19(29-26(37)21(14(4)11-2)31(9)17(7)33)24(35)30-20(16(6)32)25(36)28-18-12-15(5)23-27(8,38-23)22(18)34/h13-16,18-21,23,32H,10-12H2,1-9H3,(H,28,36)(H,29,37)(H,30,35)/t13-,14-,15?,16+,18?,19?,20?,21?,23?,27-/m0/s1. The average molecular weight is 539 g/mol. The van der Waals surface area contributed by atoms with E-state index in [4.69, 9.17) is 4.74 Å². The van der Waals surface area contributed by atoms with Crippen molar-refractivity contribution >= 4 is 29.4 Å². The van der Waals surface area contributed by atoms with Gasteiger partial charge < -0.3 is 30.7 Å². The van der Waals surface area contributed by atoms with Crippen LogP contribution in [0, 0.1) is 17.8 Å². The highest BCUT2D eigenvalue weighted by Crippen LogP contribution is 2.48. The molecule has 1 heterocycles. The summed E-state index contributed by atoms with van der Waals surface area (Å²) in [5.41, 5.74) is -0.912. The smallest absolute Gasteiger partial charge is 0.245 e. The molecule has 0 aromatic carbocycles. The number of amides is 4. The number of Topliss-reactive ketones (excluding diaryl/α,β-unsaturated/α-hetero) is 1. The van der Waals surface area contributed by atoms with Crippen molar-refractivity contribution in [2.24, 2.45) is 17.8 Å². The molecule has 38 heavy (non-hydrogen) atoms. The van der Waals surface area contributed by atoms with Crippen molar-refractivity contribution in [3.05, 3.63) is 0 Å². The zero-order valence-corrected chi connectivity index (χ0v) is 24.2. The van der Waals surface area contributed by atoms with Crippen LogP contribution < -0.4 is 16.0 Å². The molecule has 10 atom stereocenters. The van der Waals surface area contributed by atoms with Gasteiger partial charge in [-0.2, -0.15) is 0 Å². The maximum atomic E-state index is 13.4. The summed E-state index contributed by atoms with van der Waals surface area (Å²) < 4.78 is 5.57. The topological polar surface area (TPSA) is 157 Å². The van der Waals surface area contributed by atoms with Crippen LogP contribution in [-0.2, 0) is 28.7 Å². The van der Waals surface area contributed by atoms with Crippen LogP contribution in [0.1, 0.15) is 74.7 Å². The van der Waals surface area contributed by atoms with Gasteiger partial charge in [-0.3, -0.25) is 24.0 Å². The molecule has 4 N–H and O–H groups in total. The number of ketones is 1. The number of nitrogens with one attached hydrogen (secondary N) is 3. The molecule has 2 fully saturated rings. The summed E-state index contributed by atoms with van der Waals surface area (Å²) in [7, 11) is 1.55. The van der Waals surface area contributed by atoms with Gasteiger partial charge in [0.1, 0.15) is 18.1 Å². The summed E-state index contributed by atoms with van der Waals surface area (Å²) in [6.07, 6.45) is 0.174. The third kappa shape index (κ3) is 6.72. The van der Waals surface area contributed by atoms with E-state index in [1.165, 1.54) is 18.7 Å². The van der Waals surface area contributed by atoms with E-state index in [2.05, 4.69) is 16.0 Å². The summed E-state index contributed by atoms with van der Waals surface area (Å²) in [6.45, 7) is 13.8. The van der Waals surface area contributed by atoms with Crippen molar-refractivity contribution in [1.82, 2.24) is 20.9 Å². The molecule has 0 bridgehead atoms. The Morgan fingerprint density at radius 1 is 1.03 bits per heavy atom. The fourth-order valence-corrected chi connectivity index (χ4v) is 5.25. The zero-order chi connectivity index (χ0) is 29.1. The molecule has 216 valence electrons. The van der Waals surface area contributed by atoms with Crippen molar-refractivity contribution in [2.45, 2.75) is 117 Å². The molecule has 1 aliphatic heterocycles. The van der Waals surface area contributed by atoms with Crippen molar-refractivity contribution < 1.29 is 33.8 Å². The molecule has 0 aromatic heterocycles. The first-order valence-corrected chi connectivity index (χ1v) is 13.6. The van der Waals surface area contributed by atoms with Crippen LogP contribution in [0.4, 0.5) is 0 Å². The van der Waals surface area contributed by atoms with E-state index < -0.39 is 53.6 Å². The van der Waals surface area contributed by atoms with E-state index in [0.717, 1.165) is 0 Å². The second kappa shape index (κ2) is 12.5. The predicted octanol–water partition coefficient (Wildman–Crippen LogP) is 0.527. The Morgan fingerprint density at radius 2 is 1.58 bits per heavy atom. The Labute approximate surface area is 225 Å². The average Bonchev–Trinajstić information content (AvgIpc) is 3.56. The normalized spacial score (nSPS) is 29.0. The van der Waals surface area contributed by atoms with Crippen LogP contribution >= 0.6 is 0 Å². The third-order valence-corrected chi connectivity index (χ3v) is 8.33. The van der Waals surface area contributed by atoms with Gasteiger partial charge in [0.15, 0.2) is 11.4 Å². The van der Waals surface area contributed by atoms with E-state index in [-0.39, 0.29) is 35.5 Å². The number of carbonyl (C=O) groups excluding carboxylic acids is 5. The van der Waals surface area contributed by atoms with Gasteiger partial charge in [0.2, 0.25) is 23.6 Å². The number of rotatable bonds is 12. The number of hydrogen-bond acceptors (Lipinski definition) is 7. The Bertz CT molecular complexity index is 925. The number of epoxide rings is 1. The third-order valence-electron chi connectivity index (χ3n) is 8.33. The Balaban J connectivity index is 2.18. The summed E-state index contributed by atoms with van der Waals surface area (Å²) in [5.74, 6) is -2.69. The maximum Gasteiger partial charge on any atom is 0.245 e. The lowest BCUT2D eigenvalue weighted by molar-refractivity contribution is -0.141. The first kappa shape index (κ1) is 31.7. The number of likely N-dealkylation sites (N-methyl/N-ethyl adjacent to an activating group) is 1. The van der Waals surface area contributed by atoms with E-state index in [1.807, 2.05) is 27.7 Å². The highest BCUT2D eigenvalue weighted by atomic mass is 16.6. The molecular weight excluding hydrogens is 492 g/mol. The molecular formula is C27H46N4O7. The fraction of sp³-hybridized carbons (Fsp3) is 0.815. The van der Waals surface area contributed by atoms with Crippen molar-refractivity contribution in [1.29, 1.82) is 0 Å². The minimum atomic E-state index is -1.34. The van der Waals surface area contributed by atoms with Crippen LogP contribution in [0.15, 0.2) is 0 Å². The van der Waals surface area contributed by atoms with E-state index in [9.17, 15) is 29.1 Å². The molecule has 6 unspecified atom stereocenters. The van der Waals surface area contributed by atoms with Crippen LogP contribution in [0.2, 0.25) is 0 Å². The lowest BCUT2D eigenvalue weighted by Gasteiger charge is -2.34. The highest BCUT2D eigenvalue weighted by molar-refractivity contribution is 6.00. The van der Waals surface area contributed by atoms with Crippen LogP contribution in [0.25, 0.3) is 0 Å². The second-order valence-electron chi connectivity index (χ2n) is 11.3. The van der Waals surface area contributed by atoms with Gasteiger partial charge in [-0.05, 0) is 38.0 Å². The zero-order valence-electron chi connectivity index (χ0n) is 24.2. The number of carbonyl (C=O) groups is 5. The monoisotopic (exact) mass is 538 g/mol. The lowest BCUT2D eigenvalue weighted by Crippen LogP contribution is -2.62. The largest absolute Gasteiger partial charge is 0.391 e. The highest BCUT2D eigenvalue weighted by Gasteiger charge is 2.65. The minimum Gasteiger partial charge on any atom is -0.391 e. The van der Waals surface area contributed by atoms with E-state index in [1.54, 1.807) is 20.9 Å². The lowest BCUT2D eigenvalue weighted by atomic mass is 9.79. The van der Waals surface area contributed by atoms with Gasteiger partial charge in [0.05, 0.1) is 18.2 Å². The Kier molecular flexibility index (Phi) is 10.5. The fourth-order valence-electron chi connectivity index (χ4n) is 5.25. The molecule has 11 nitrogen and oxygen atoms in total. The molecule has 0 spiro atoms. The number of fused-ring (bicyclic) bond motifs is 1. The molecule has 0 radical (unpaired) electrons. The van der Waals surface area contributed by atoms with Crippen LogP contribution in [0.5, 0.6) is 0 Å². The number of hydrogen-bond donors (Lipinski definition) is 4. The number of nitrogens with zero attached hydrogens (tertiary/aromatic N) is 1. The van der Waals surface area contributed by atoms with E-state index >= 15 is 0 Å². The van der Waals surface area contributed by atoms with E-state index in [0.29, 0.717) is 19.3 Å². The van der Waals surface area contributed by atoms with Gasteiger partial charge in [-0.15, -0.1) is 0 Å². The predicted molar refractivity (Wildman–Crippen MR) is 141 cm³/mol. The molecule has 1 saturated carbocycles. The minimum absolute atomic E-state index is 0.0687. The quantitative estimate of drug-likeness (QED) is 0.264. The van der Waals surface area contributed by atoms with Gasteiger partial charge >= 0.3 is 0 Å².